The molecule has 1 aliphatic rings. The van der Waals surface area contributed by atoms with Crippen molar-refractivity contribution in [1.29, 1.82) is 0 Å². The number of fused-ring (bicyclic) bond motifs is 1. The van der Waals surface area contributed by atoms with Crippen LogP contribution in [-0.4, -0.2) is 31.3 Å². The van der Waals surface area contributed by atoms with E-state index in [-0.39, 0.29) is 18.8 Å². The van der Waals surface area contributed by atoms with Gasteiger partial charge in [-0.2, -0.15) is 0 Å². The lowest BCUT2D eigenvalue weighted by Crippen LogP contribution is -2.43. The highest BCUT2D eigenvalue weighted by Gasteiger charge is 2.31. The maximum atomic E-state index is 12.2. The van der Waals surface area contributed by atoms with Crippen LogP contribution in [-0.2, 0) is 9.59 Å². The van der Waals surface area contributed by atoms with E-state index in [0.29, 0.717) is 16.5 Å². The zero-order chi connectivity index (χ0) is 19.6. The van der Waals surface area contributed by atoms with Crippen molar-refractivity contribution in [2.75, 3.05) is 23.4 Å². The summed E-state index contributed by atoms with van der Waals surface area (Å²) in [7, 11) is 0. The van der Waals surface area contributed by atoms with Crippen LogP contribution in [0.3, 0.4) is 0 Å². The Morgan fingerprint density at radius 2 is 1.93 bits per heavy atom. The van der Waals surface area contributed by atoms with Gasteiger partial charge in [0, 0.05) is 10.7 Å². The SMILES string of the molecule is O=C(CN1C(=O)COc2ccc(Cl)cc21)Nc1ccc(OC(F)(F)F)cc1. The zero-order valence-corrected chi connectivity index (χ0v) is 14.3. The molecule has 0 radical (unpaired) electrons. The van der Waals surface area contributed by atoms with E-state index in [1.165, 1.54) is 23.1 Å². The molecule has 6 nitrogen and oxygen atoms in total. The summed E-state index contributed by atoms with van der Waals surface area (Å²) in [4.78, 5) is 25.6. The first-order valence-electron chi connectivity index (χ1n) is 7.60. The second kappa shape index (κ2) is 7.36. The number of rotatable bonds is 4. The van der Waals surface area contributed by atoms with Crippen LogP contribution in [0.2, 0.25) is 5.02 Å². The van der Waals surface area contributed by atoms with Gasteiger partial charge in [-0.15, -0.1) is 13.2 Å². The van der Waals surface area contributed by atoms with Gasteiger partial charge in [0.15, 0.2) is 6.61 Å². The van der Waals surface area contributed by atoms with E-state index in [4.69, 9.17) is 16.3 Å². The van der Waals surface area contributed by atoms with E-state index in [9.17, 15) is 22.8 Å². The van der Waals surface area contributed by atoms with Gasteiger partial charge in [-0.05, 0) is 42.5 Å². The van der Waals surface area contributed by atoms with Crippen molar-refractivity contribution in [2.45, 2.75) is 6.36 Å². The van der Waals surface area contributed by atoms with E-state index < -0.39 is 23.9 Å². The fraction of sp³-hybridized carbons (Fsp3) is 0.176. The minimum absolute atomic E-state index is 0.217. The molecular weight excluding hydrogens is 389 g/mol. The first-order chi connectivity index (χ1) is 12.7. The van der Waals surface area contributed by atoms with E-state index in [2.05, 4.69) is 10.1 Å². The maximum absolute atomic E-state index is 12.2. The van der Waals surface area contributed by atoms with Crippen molar-refractivity contribution in [2.24, 2.45) is 0 Å². The van der Waals surface area contributed by atoms with Gasteiger partial charge in [-0.25, -0.2) is 0 Å². The lowest BCUT2D eigenvalue weighted by atomic mass is 10.2. The summed E-state index contributed by atoms with van der Waals surface area (Å²) in [6.07, 6.45) is -4.80. The molecule has 27 heavy (non-hydrogen) atoms. The van der Waals surface area contributed by atoms with Gasteiger partial charge < -0.3 is 14.8 Å². The Bertz CT molecular complexity index is 871. The van der Waals surface area contributed by atoms with Crippen molar-refractivity contribution < 1.29 is 32.2 Å². The number of nitrogens with zero attached hydrogens (tertiary/aromatic N) is 1. The standard InChI is InChI=1S/C17H12ClF3N2O4/c18-10-1-6-14-13(7-10)23(16(25)9-26-14)8-15(24)22-11-2-4-12(5-3-11)27-17(19,20)21/h1-7H,8-9H2,(H,22,24). The summed E-state index contributed by atoms with van der Waals surface area (Å²) < 4.78 is 45.5. The molecule has 2 aromatic carbocycles. The molecule has 0 aromatic heterocycles. The average molecular weight is 401 g/mol. The zero-order valence-electron chi connectivity index (χ0n) is 13.5. The molecule has 0 fully saturated rings. The van der Waals surface area contributed by atoms with E-state index >= 15 is 0 Å². The number of benzene rings is 2. The van der Waals surface area contributed by atoms with Gasteiger partial charge in [0.05, 0.1) is 5.69 Å². The Labute approximate surface area is 156 Å². The van der Waals surface area contributed by atoms with Gasteiger partial charge >= 0.3 is 6.36 Å². The third-order valence-corrected chi connectivity index (χ3v) is 3.77. The minimum Gasteiger partial charge on any atom is -0.482 e. The topological polar surface area (TPSA) is 67.9 Å². The predicted octanol–water partition coefficient (Wildman–Crippen LogP) is 3.60. The average Bonchev–Trinajstić information content (AvgIpc) is 2.58. The monoisotopic (exact) mass is 400 g/mol. The van der Waals surface area contributed by atoms with Gasteiger partial charge in [-0.3, -0.25) is 14.5 Å². The summed E-state index contributed by atoms with van der Waals surface area (Å²) >= 11 is 5.93. The summed E-state index contributed by atoms with van der Waals surface area (Å²) in [6, 6.07) is 9.34. The quantitative estimate of drug-likeness (QED) is 0.851. The molecule has 0 bridgehead atoms. The van der Waals surface area contributed by atoms with Crippen LogP contribution in [0.5, 0.6) is 11.5 Å². The molecule has 3 rings (SSSR count). The van der Waals surface area contributed by atoms with Crippen LogP contribution in [0, 0.1) is 0 Å². The normalized spacial score (nSPS) is 13.6. The summed E-state index contributed by atoms with van der Waals surface area (Å²) in [5.41, 5.74) is 0.615. The van der Waals surface area contributed by atoms with Crippen molar-refractivity contribution in [3.8, 4) is 11.5 Å². The van der Waals surface area contributed by atoms with E-state index in [1.54, 1.807) is 12.1 Å². The molecule has 0 saturated heterocycles. The fourth-order valence-corrected chi connectivity index (χ4v) is 2.60. The maximum Gasteiger partial charge on any atom is 0.573 e. The largest absolute Gasteiger partial charge is 0.573 e. The molecule has 0 saturated carbocycles. The molecular formula is C17H12ClF3N2O4. The van der Waals surface area contributed by atoms with Crippen LogP contribution in [0.4, 0.5) is 24.5 Å². The van der Waals surface area contributed by atoms with Crippen LogP contribution in [0.1, 0.15) is 0 Å². The van der Waals surface area contributed by atoms with Crippen molar-refractivity contribution in [1.82, 2.24) is 0 Å². The number of carbonyl (C=O) groups is 2. The van der Waals surface area contributed by atoms with Crippen molar-refractivity contribution >= 4 is 34.8 Å². The highest BCUT2D eigenvalue weighted by atomic mass is 35.5. The highest BCUT2D eigenvalue weighted by molar-refractivity contribution is 6.31. The number of amides is 2. The second-order valence-corrected chi connectivity index (χ2v) is 5.94. The summed E-state index contributed by atoms with van der Waals surface area (Å²) in [5.74, 6) is -0.956. The third-order valence-electron chi connectivity index (χ3n) is 3.54. The smallest absolute Gasteiger partial charge is 0.482 e. The number of ether oxygens (including phenoxy) is 2. The predicted molar refractivity (Wildman–Crippen MR) is 91.1 cm³/mol. The fourth-order valence-electron chi connectivity index (χ4n) is 2.43. The lowest BCUT2D eigenvalue weighted by Gasteiger charge is -2.29. The number of halogens is 4. The Balaban J connectivity index is 1.68. The number of anilines is 2. The van der Waals surface area contributed by atoms with Gasteiger partial charge in [0.2, 0.25) is 5.91 Å². The van der Waals surface area contributed by atoms with Crippen LogP contribution < -0.4 is 19.7 Å². The molecule has 2 amide bonds. The van der Waals surface area contributed by atoms with Crippen LogP contribution in [0.15, 0.2) is 42.5 Å². The molecule has 1 heterocycles. The second-order valence-electron chi connectivity index (χ2n) is 5.50. The Kier molecular flexibility index (Phi) is 5.13. The molecule has 10 heteroatoms. The van der Waals surface area contributed by atoms with Crippen LogP contribution in [0.25, 0.3) is 0 Å². The lowest BCUT2D eigenvalue weighted by molar-refractivity contribution is -0.274. The Hall–Kier alpha value is -2.94. The highest BCUT2D eigenvalue weighted by Crippen LogP contribution is 2.34. The first-order valence-corrected chi connectivity index (χ1v) is 7.97. The van der Waals surface area contributed by atoms with E-state index in [1.807, 2.05) is 0 Å². The number of hydrogen-bond acceptors (Lipinski definition) is 4. The van der Waals surface area contributed by atoms with Crippen LogP contribution >= 0.6 is 11.6 Å². The molecule has 142 valence electrons. The summed E-state index contributed by atoms with van der Waals surface area (Å²) in [5, 5.41) is 2.87. The molecule has 0 aliphatic carbocycles. The molecule has 2 aromatic rings. The molecule has 1 N–H and O–H groups in total. The first kappa shape index (κ1) is 18.8. The number of carbonyl (C=O) groups excluding carboxylic acids is 2. The van der Waals surface area contributed by atoms with Crippen molar-refractivity contribution in [3.63, 3.8) is 0 Å². The Morgan fingerprint density at radius 1 is 1.22 bits per heavy atom. The third kappa shape index (κ3) is 4.82. The van der Waals surface area contributed by atoms with Gasteiger partial charge in [0.25, 0.3) is 5.91 Å². The van der Waals surface area contributed by atoms with Crippen molar-refractivity contribution in [3.05, 3.63) is 47.5 Å². The molecule has 0 spiro atoms. The minimum atomic E-state index is -4.80. The summed E-state index contributed by atoms with van der Waals surface area (Å²) in [6.45, 7) is -0.526. The van der Waals surface area contributed by atoms with E-state index in [0.717, 1.165) is 12.1 Å². The van der Waals surface area contributed by atoms with Gasteiger partial charge in [-0.1, -0.05) is 11.6 Å². The number of alkyl halides is 3. The Morgan fingerprint density at radius 3 is 2.59 bits per heavy atom. The molecule has 1 aliphatic heterocycles. The molecule has 0 atom stereocenters. The number of hydrogen-bond donors (Lipinski definition) is 1. The molecule has 0 unspecified atom stereocenters. The number of nitrogens with one attached hydrogen (secondary N) is 1. The van der Waals surface area contributed by atoms with Gasteiger partial charge in [0.1, 0.15) is 18.0 Å².